The summed E-state index contributed by atoms with van der Waals surface area (Å²) in [6.45, 7) is 7.01. The number of hydrogen-bond donors (Lipinski definition) is 1. The third kappa shape index (κ3) is 7.02. The van der Waals surface area contributed by atoms with Gasteiger partial charge in [-0.25, -0.2) is 8.42 Å². The van der Waals surface area contributed by atoms with E-state index in [0.717, 1.165) is 51.3 Å². The van der Waals surface area contributed by atoms with Crippen LogP contribution in [0.15, 0.2) is 29.2 Å². The summed E-state index contributed by atoms with van der Waals surface area (Å²) in [6.07, 6.45) is 3.03. The van der Waals surface area contributed by atoms with Crippen LogP contribution in [-0.4, -0.2) is 89.2 Å². The number of hydrogen-bond acceptors (Lipinski definition) is 6. The van der Waals surface area contributed by atoms with Gasteiger partial charge in [0.1, 0.15) is 0 Å². The summed E-state index contributed by atoms with van der Waals surface area (Å²) in [5.41, 5.74) is 0.957. The average molecular weight is 440 g/mol. The maximum atomic E-state index is 12.6. The van der Waals surface area contributed by atoms with Gasteiger partial charge in [-0.2, -0.15) is 4.31 Å². The normalized spacial score (nSPS) is 18.9. The van der Waals surface area contributed by atoms with Gasteiger partial charge < -0.3 is 14.8 Å². The number of sulfonamides is 1. The number of nitrogens with one attached hydrogen (secondary N) is 1. The Bertz CT molecular complexity index is 757. The van der Waals surface area contributed by atoms with Crippen LogP contribution in [-0.2, 0) is 30.7 Å². The number of ether oxygens (including phenoxy) is 2. The van der Waals surface area contributed by atoms with Crippen molar-refractivity contribution in [3.8, 4) is 0 Å². The number of nitrogens with zero attached hydrogens (tertiary/aromatic N) is 2. The molecule has 168 valence electrons. The second-order valence-corrected chi connectivity index (χ2v) is 9.61. The molecule has 2 saturated heterocycles. The Labute approximate surface area is 179 Å². The molecule has 2 aliphatic rings. The number of benzene rings is 1. The molecule has 0 radical (unpaired) electrons. The standard InChI is InChI=1S/C21H33N3O5S/c25-21(22-9-1-2-10-23-11-15-28-16-12-23)8-5-19-3-6-20(7-4-19)30(26,27)24-13-17-29-18-14-24/h3-4,6-7H,1-2,5,8-18H2,(H,22,25). The molecule has 0 spiro atoms. The molecule has 0 bridgehead atoms. The van der Waals surface area contributed by atoms with E-state index >= 15 is 0 Å². The van der Waals surface area contributed by atoms with Crippen LogP contribution < -0.4 is 5.32 Å². The smallest absolute Gasteiger partial charge is 0.243 e. The Morgan fingerprint density at radius 2 is 1.57 bits per heavy atom. The number of morpholine rings is 2. The van der Waals surface area contributed by atoms with Gasteiger partial charge in [0.2, 0.25) is 15.9 Å². The van der Waals surface area contributed by atoms with E-state index < -0.39 is 10.0 Å². The van der Waals surface area contributed by atoms with Crippen molar-refractivity contribution in [3.63, 3.8) is 0 Å². The third-order valence-corrected chi connectivity index (χ3v) is 7.41. The topological polar surface area (TPSA) is 88.2 Å². The predicted molar refractivity (Wildman–Crippen MR) is 114 cm³/mol. The van der Waals surface area contributed by atoms with E-state index in [4.69, 9.17) is 9.47 Å². The van der Waals surface area contributed by atoms with Gasteiger partial charge in [0.15, 0.2) is 0 Å². The van der Waals surface area contributed by atoms with Gasteiger partial charge in [-0.05, 0) is 43.5 Å². The lowest BCUT2D eigenvalue weighted by Gasteiger charge is -2.26. The van der Waals surface area contributed by atoms with Gasteiger partial charge in [-0.15, -0.1) is 0 Å². The van der Waals surface area contributed by atoms with Crippen LogP contribution in [0.3, 0.4) is 0 Å². The van der Waals surface area contributed by atoms with Crippen LogP contribution in [0.1, 0.15) is 24.8 Å². The molecule has 30 heavy (non-hydrogen) atoms. The molecular weight excluding hydrogens is 406 g/mol. The fourth-order valence-corrected chi connectivity index (χ4v) is 5.03. The summed E-state index contributed by atoms with van der Waals surface area (Å²) in [7, 11) is -3.47. The molecule has 0 aliphatic carbocycles. The number of carbonyl (C=O) groups excluding carboxylic acids is 1. The quantitative estimate of drug-likeness (QED) is 0.545. The van der Waals surface area contributed by atoms with Crippen molar-refractivity contribution >= 4 is 15.9 Å². The van der Waals surface area contributed by atoms with Crippen LogP contribution in [0, 0.1) is 0 Å². The van der Waals surface area contributed by atoms with Gasteiger partial charge in [-0.1, -0.05) is 12.1 Å². The van der Waals surface area contributed by atoms with E-state index in [-0.39, 0.29) is 10.8 Å². The Balaban J connectivity index is 1.33. The fourth-order valence-electron chi connectivity index (χ4n) is 3.62. The molecule has 3 rings (SSSR count). The number of amides is 1. The minimum absolute atomic E-state index is 0.0337. The van der Waals surface area contributed by atoms with Gasteiger partial charge in [0.05, 0.1) is 31.3 Å². The van der Waals surface area contributed by atoms with E-state index in [9.17, 15) is 13.2 Å². The number of carbonyl (C=O) groups is 1. The van der Waals surface area contributed by atoms with E-state index in [1.807, 2.05) is 0 Å². The summed E-state index contributed by atoms with van der Waals surface area (Å²) >= 11 is 0. The molecule has 1 amide bonds. The van der Waals surface area contributed by atoms with Crippen molar-refractivity contribution in [2.24, 2.45) is 0 Å². The predicted octanol–water partition coefficient (Wildman–Crippen LogP) is 0.869. The van der Waals surface area contributed by atoms with Gasteiger partial charge in [0.25, 0.3) is 0 Å². The van der Waals surface area contributed by atoms with Gasteiger partial charge in [0, 0.05) is 39.1 Å². The maximum absolute atomic E-state index is 12.6. The monoisotopic (exact) mass is 439 g/mol. The summed E-state index contributed by atoms with van der Waals surface area (Å²) in [4.78, 5) is 14.7. The minimum Gasteiger partial charge on any atom is -0.379 e. The SMILES string of the molecule is O=C(CCc1ccc(S(=O)(=O)N2CCOCC2)cc1)NCCCCN1CCOCC1. The highest BCUT2D eigenvalue weighted by Crippen LogP contribution is 2.18. The summed E-state index contributed by atoms with van der Waals surface area (Å²) in [5, 5.41) is 2.97. The number of unbranched alkanes of at least 4 members (excludes halogenated alkanes) is 1. The van der Waals surface area contributed by atoms with Gasteiger partial charge >= 0.3 is 0 Å². The number of rotatable bonds is 10. The molecule has 2 fully saturated rings. The first-order valence-corrected chi connectivity index (χ1v) is 12.2. The van der Waals surface area contributed by atoms with Crippen LogP contribution in [0.2, 0.25) is 0 Å². The molecule has 8 nitrogen and oxygen atoms in total. The Hall–Kier alpha value is -1.52. The van der Waals surface area contributed by atoms with Crippen LogP contribution in [0.4, 0.5) is 0 Å². The zero-order chi connectivity index (χ0) is 21.2. The van der Waals surface area contributed by atoms with Crippen molar-refractivity contribution in [2.75, 3.05) is 65.7 Å². The fraction of sp³-hybridized carbons (Fsp3) is 0.667. The van der Waals surface area contributed by atoms with Crippen molar-refractivity contribution in [1.29, 1.82) is 0 Å². The van der Waals surface area contributed by atoms with Crippen LogP contribution >= 0.6 is 0 Å². The highest BCUT2D eigenvalue weighted by Gasteiger charge is 2.26. The van der Waals surface area contributed by atoms with E-state index in [0.29, 0.717) is 45.7 Å². The molecule has 1 aromatic rings. The first kappa shape index (κ1) is 23.1. The molecule has 2 aliphatic heterocycles. The lowest BCUT2D eigenvalue weighted by Crippen LogP contribution is -2.40. The van der Waals surface area contributed by atoms with Crippen molar-refractivity contribution in [3.05, 3.63) is 29.8 Å². The second-order valence-electron chi connectivity index (χ2n) is 7.67. The third-order valence-electron chi connectivity index (χ3n) is 5.50. The molecule has 2 heterocycles. The Kier molecular flexibility index (Phi) is 9.07. The van der Waals surface area contributed by atoms with Crippen molar-refractivity contribution in [1.82, 2.24) is 14.5 Å². The molecule has 1 N–H and O–H groups in total. The summed E-state index contributed by atoms with van der Waals surface area (Å²) in [6, 6.07) is 6.85. The van der Waals surface area contributed by atoms with E-state index in [1.54, 1.807) is 24.3 Å². The highest BCUT2D eigenvalue weighted by molar-refractivity contribution is 7.89. The molecule has 0 atom stereocenters. The average Bonchev–Trinajstić information content (AvgIpc) is 2.79. The van der Waals surface area contributed by atoms with Crippen LogP contribution in [0.5, 0.6) is 0 Å². The lowest BCUT2D eigenvalue weighted by atomic mass is 10.1. The molecule has 0 aromatic heterocycles. The Morgan fingerprint density at radius 3 is 2.23 bits per heavy atom. The highest BCUT2D eigenvalue weighted by atomic mass is 32.2. The van der Waals surface area contributed by atoms with Crippen molar-refractivity contribution < 1.29 is 22.7 Å². The van der Waals surface area contributed by atoms with E-state index in [2.05, 4.69) is 10.2 Å². The molecular formula is C21H33N3O5S. The van der Waals surface area contributed by atoms with Crippen LogP contribution in [0.25, 0.3) is 0 Å². The van der Waals surface area contributed by atoms with E-state index in [1.165, 1.54) is 4.31 Å². The summed E-state index contributed by atoms with van der Waals surface area (Å²) < 4.78 is 37.3. The second kappa shape index (κ2) is 11.8. The van der Waals surface area contributed by atoms with Gasteiger partial charge in [-0.3, -0.25) is 9.69 Å². The van der Waals surface area contributed by atoms with Crippen molar-refractivity contribution in [2.45, 2.75) is 30.6 Å². The maximum Gasteiger partial charge on any atom is 0.243 e. The minimum atomic E-state index is -3.47. The Morgan fingerprint density at radius 1 is 0.933 bits per heavy atom. The first-order chi connectivity index (χ1) is 14.6. The molecule has 0 saturated carbocycles. The number of aryl methyl sites for hydroxylation is 1. The molecule has 0 unspecified atom stereocenters. The largest absolute Gasteiger partial charge is 0.379 e. The molecule has 9 heteroatoms. The summed E-state index contributed by atoms with van der Waals surface area (Å²) in [5.74, 6) is 0.0337. The zero-order valence-corrected chi connectivity index (χ0v) is 18.4. The zero-order valence-electron chi connectivity index (χ0n) is 17.6. The molecule has 1 aromatic carbocycles. The first-order valence-electron chi connectivity index (χ1n) is 10.8. The lowest BCUT2D eigenvalue weighted by molar-refractivity contribution is -0.121.